The van der Waals surface area contributed by atoms with Crippen LogP contribution in [-0.4, -0.2) is 9.97 Å². The van der Waals surface area contributed by atoms with E-state index in [2.05, 4.69) is 38.0 Å². The molecule has 0 saturated carbocycles. The molecule has 0 saturated heterocycles. The summed E-state index contributed by atoms with van der Waals surface area (Å²) in [6.45, 7) is 0. The molecule has 0 N–H and O–H groups in total. The van der Waals surface area contributed by atoms with Gasteiger partial charge in [-0.15, -0.1) is 0 Å². The highest BCUT2D eigenvalue weighted by Gasteiger charge is 2.07. The van der Waals surface area contributed by atoms with Crippen LogP contribution in [0.3, 0.4) is 0 Å². The molecule has 0 amide bonds. The molecular formula is C12H9BrN2O. The Hall–Kier alpha value is -1.42. The van der Waals surface area contributed by atoms with E-state index in [0.717, 1.165) is 33.8 Å². The third-order valence-electron chi connectivity index (χ3n) is 2.46. The minimum atomic E-state index is 0.590. The number of fused-ring (bicyclic) bond motifs is 1. The van der Waals surface area contributed by atoms with Crippen LogP contribution in [0.5, 0.6) is 0 Å². The van der Waals surface area contributed by atoms with E-state index in [1.54, 1.807) is 6.20 Å². The second-order valence-corrected chi connectivity index (χ2v) is 4.53. The van der Waals surface area contributed by atoms with Crippen LogP contribution >= 0.6 is 15.9 Å². The average Bonchev–Trinajstić information content (AvgIpc) is 2.73. The van der Waals surface area contributed by atoms with Gasteiger partial charge in [-0.2, -0.15) is 0 Å². The molecule has 1 aliphatic carbocycles. The predicted octanol–water partition coefficient (Wildman–Crippen LogP) is 1.85. The Morgan fingerprint density at radius 1 is 1.19 bits per heavy atom. The van der Waals surface area contributed by atoms with Gasteiger partial charge < -0.3 is 4.42 Å². The van der Waals surface area contributed by atoms with Gasteiger partial charge in [-0.3, -0.25) is 4.98 Å². The van der Waals surface area contributed by atoms with Crippen LogP contribution in [0, 0.1) is 0 Å². The van der Waals surface area contributed by atoms with Crippen LogP contribution < -0.4 is 10.8 Å². The summed E-state index contributed by atoms with van der Waals surface area (Å²) < 4.78 is 6.61. The van der Waals surface area contributed by atoms with Crippen molar-refractivity contribution in [2.24, 2.45) is 0 Å². The zero-order valence-electron chi connectivity index (χ0n) is 8.48. The number of oxazole rings is 1. The third-order valence-corrected chi connectivity index (χ3v) is 2.93. The minimum absolute atomic E-state index is 0.590. The second kappa shape index (κ2) is 3.87. The van der Waals surface area contributed by atoms with Crippen molar-refractivity contribution in [2.45, 2.75) is 12.8 Å². The van der Waals surface area contributed by atoms with E-state index in [0.29, 0.717) is 5.89 Å². The summed E-state index contributed by atoms with van der Waals surface area (Å²) in [5.74, 6) is 0.590. The lowest BCUT2D eigenvalue weighted by Gasteiger charge is -1.93. The first-order chi connectivity index (χ1) is 7.83. The van der Waals surface area contributed by atoms with Gasteiger partial charge in [-0.05, 0) is 47.0 Å². The summed E-state index contributed by atoms with van der Waals surface area (Å²) >= 11 is 3.35. The summed E-state index contributed by atoms with van der Waals surface area (Å²) in [7, 11) is 0. The maximum absolute atomic E-state index is 5.66. The first-order valence-electron chi connectivity index (χ1n) is 5.12. The van der Waals surface area contributed by atoms with Gasteiger partial charge in [0.1, 0.15) is 11.0 Å². The molecule has 3 nitrogen and oxygen atoms in total. The van der Waals surface area contributed by atoms with Gasteiger partial charge in [0.05, 0.1) is 0 Å². The first-order valence-corrected chi connectivity index (χ1v) is 5.91. The van der Waals surface area contributed by atoms with Crippen LogP contribution in [-0.2, 0) is 0 Å². The average molecular weight is 277 g/mol. The quantitative estimate of drug-likeness (QED) is 0.798. The topological polar surface area (TPSA) is 38.9 Å². The molecule has 0 spiro atoms. The maximum Gasteiger partial charge on any atom is 0.246 e. The van der Waals surface area contributed by atoms with E-state index in [1.165, 1.54) is 0 Å². The van der Waals surface area contributed by atoms with Crippen molar-refractivity contribution in [1.82, 2.24) is 9.97 Å². The van der Waals surface area contributed by atoms with Gasteiger partial charge in [-0.1, -0.05) is 6.08 Å². The molecule has 2 aromatic rings. The molecule has 0 bridgehead atoms. The highest BCUT2D eigenvalue weighted by Crippen LogP contribution is 2.14. The summed E-state index contributed by atoms with van der Waals surface area (Å²) in [5, 5.41) is 0.936. The molecule has 2 aromatic heterocycles. The molecule has 3 rings (SSSR count). The number of pyridine rings is 1. The smallest absolute Gasteiger partial charge is 0.246 e. The Balaban J connectivity index is 2.14. The summed E-state index contributed by atoms with van der Waals surface area (Å²) in [6.07, 6.45) is 7.97. The van der Waals surface area contributed by atoms with Crippen molar-refractivity contribution in [2.75, 3.05) is 0 Å². The first kappa shape index (κ1) is 9.78. The number of rotatable bonds is 1. The lowest BCUT2D eigenvalue weighted by molar-refractivity contribution is 0.535. The van der Waals surface area contributed by atoms with Crippen molar-refractivity contribution in [1.29, 1.82) is 0 Å². The third kappa shape index (κ3) is 1.69. The van der Waals surface area contributed by atoms with E-state index >= 15 is 0 Å². The summed E-state index contributed by atoms with van der Waals surface area (Å²) in [4.78, 5) is 8.68. The Bertz CT molecular complexity index is 595. The number of hydrogen-bond donors (Lipinski definition) is 0. The number of nitrogens with zero attached hydrogens (tertiary/aromatic N) is 2. The number of aromatic nitrogens is 2. The van der Waals surface area contributed by atoms with E-state index < -0.39 is 0 Å². The monoisotopic (exact) mass is 276 g/mol. The van der Waals surface area contributed by atoms with E-state index in [4.69, 9.17) is 4.42 Å². The fraction of sp³-hybridized carbons (Fsp3) is 0.167. The van der Waals surface area contributed by atoms with Crippen LogP contribution in [0.15, 0.2) is 27.2 Å². The minimum Gasteiger partial charge on any atom is -0.435 e. The molecular weight excluding hydrogens is 268 g/mol. The molecule has 80 valence electrons. The lowest BCUT2D eigenvalue weighted by atomic mass is 10.2. The standard InChI is InChI=1S/C12H9BrN2O/c13-8-5-6-10(14-7-8)12-15-9-3-1-2-4-11(9)16-12/h3-7H,1-2H2. The SMILES string of the molecule is Brc1ccc(-c2nc3c(o2)=CCCC=3)nc1. The molecule has 0 radical (unpaired) electrons. The van der Waals surface area contributed by atoms with Crippen molar-refractivity contribution in [3.8, 4) is 11.6 Å². The Kier molecular flexibility index (Phi) is 2.36. The number of halogens is 1. The highest BCUT2D eigenvalue weighted by atomic mass is 79.9. The Morgan fingerprint density at radius 3 is 2.81 bits per heavy atom. The van der Waals surface area contributed by atoms with Crippen LogP contribution in [0.2, 0.25) is 0 Å². The molecule has 16 heavy (non-hydrogen) atoms. The van der Waals surface area contributed by atoms with Crippen molar-refractivity contribution in [3.05, 3.63) is 33.6 Å². The van der Waals surface area contributed by atoms with Crippen molar-refractivity contribution < 1.29 is 4.42 Å². The van der Waals surface area contributed by atoms with Gasteiger partial charge in [0, 0.05) is 10.7 Å². The zero-order chi connectivity index (χ0) is 11.0. The van der Waals surface area contributed by atoms with E-state index in [9.17, 15) is 0 Å². The van der Waals surface area contributed by atoms with Crippen molar-refractivity contribution >= 4 is 28.1 Å². The molecule has 2 heterocycles. The van der Waals surface area contributed by atoms with Crippen LogP contribution in [0.25, 0.3) is 23.7 Å². The fourth-order valence-electron chi connectivity index (χ4n) is 1.68. The largest absolute Gasteiger partial charge is 0.435 e. The van der Waals surface area contributed by atoms with Gasteiger partial charge in [0.2, 0.25) is 5.89 Å². The van der Waals surface area contributed by atoms with E-state index in [1.807, 2.05) is 12.1 Å². The Morgan fingerprint density at radius 2 is 2.06 bits per heavy atom. The maximum atomic E-state index is 5.66. The van der Waals surface area contributed by atoms with Gasteiger partial charge >= 0.3 is 0 Å². The second-order valence-electron chi connectivity index (χ2n) is 3.62. The molecule has 0 atom stereocenters. The molecule has 4 heteroatoms. The molecule has 0 aliphatic heterocycles. The fourth-order valence-corrected chi connectivity index (χ4v) is 1.92. The molecule has 0 unspecified atom stereocenters. The number of hydrogen-bond acceptors (Lipinski definition) is 3. The van der Waals surface area contributed by atoms with Gasteiger partial charge in [0.25, 0.3) is 0 Å². The van der Waals surface area contributed by atoms with Gasteiger partial charge in [-0.25, -0.2) is 4.98 Å². The van der Waals surface area contributed by atoms with Crippen molar-refractivity contribution in [3.63, 3.8) is 0 Å². The summed E-state index contributed by atoms with van der Waals surface area (Å²) in [5.41, 5.74) is 1.63. The predicted molar refractivity (Wildman–Crippen MR) is 64.8 cm³/mol. The van der Waals surface area contributed by atoms with Gasteiger partial charge in [0.15, 0.2) is 5.42 Å². The van der Waals surface area contributed by atoms with Crippen LogP contribution in [0.4, 0.5) is 0 Å². The summed E-state index contributed by atoms with van der Waals surface area (Å²) in [6, 6.07) is 3.82. The normalized spacial score (nSPS) is 13.8. The van der Waals surface area contributed by atoms with Crippen LogP contribution in [0.1, 0.15) is 12.8 Å². The molecule has 0 fully saturated rings. The highest BCUT2D eigenvalue weighted by molar-refractivity contribution is 9.10. The van der Waals surface area contributed by atoms with E-state index in [-0.39, 0.29) is 0 Å². The lowest BCUT2D eigenvalue weighted by Crippen LogP contribution is -2.23. The molecule has 0 aromatic carbocycles. The molecule has 1 aliphatic rings. The zero-order valence-corrected chi connectivity index (χ0v) is 10.1. The Labute approximate surface area is 101 Å².